The monoisotopic (exact) mass is 311 g/mol. The standard InChI is InChI=1S/C15H19ClFN3O/c16-13-2-1-11(9-14(13)17)10-19-7-8-20(15(19)21)12-3-5-18-6-4-12/h1-2,9,12,18H,3-8,10H2. The molecule has 0 saturated carbocycles. The highest BCUT2D eigenvalue weighted by Gasteiger charge is 2.34. The summed E-state index contributed by atoms with van der Waals surface area (Å²) in [6, 6.07) is 5.12. The molecule has 2 aliphatic rings. The summed E-state index contributed by atoms with van der Waals surface area (Å²) in [5.41, 5.74) is 0.775. The Morgan fingerprint density at radius 2 is 2.05 bits per heavy atom. The second-order valence-corrected chi connectivity index (χ2v) is 6.03. The summed E-state index contributed by atoms with van der Waals surface area (Å²) < 4.78 is 13.5. The van der Waals surface area contributed by atoms with Crippen LogP contribution in [0.2, 0.25) is 5.02 Å². The van der Waals surface area contributed by atoms with Crippen LogP contribution in [0.3, 0.4) is 0 Å². The smallest absolute Gasteiger partial charge is 0.320 e. The molecule has 0 spiro atoms. The zero-order valence-electron chi connectivity index (χ0n) is 11.8. The van der Waals surface area contributed by atoms with Crippen LogP contribution < -0.4 is 5.32 Å². The minimum atomic E-state index is -0.434. The van der Waals surface area contributed by atoms with Gasteiger partial charge in [-0.15, -0.1) is 0 Å². The van der Waals surface area contributed by atoms with Crippen molar-refractivity contribution < 1.29 is 9.18 Å². The Hall–Kier alpha value is -1.33. The van der Waals surface area contributed by atoms with Gasteiger partial charge in [-0.1, -0.05) is 17.7 Å². The summed E-state index contributed by atoms with van der Waals surface area (Å²) in [5.74, 6) is -0.434. The van der Waals surface area contributed by atoms with Crippen LogP contribution in [-0.2, 0) is 6.54 Å². The van der Waals surface area contributed by atoms with Gasteiger partial charge in [0.2, 0.25) is 0 Å². The van der Waals surface area contributed by atoms with Gasteiger partial charge in [0.1, 0.15) is 5.82 Å². The Balaban J connectivity index is 1.64. The van der Waals surface area contributed by atoms with Crippen molar-refractivity contribution in [2.45, 2.75) is 25.4 Å². The average Bonchev–Trinajstić information content (AvgIpc) is 2.85. The van der Waals surface area contributed by atoms with E-state index in [2.05, 4.69) is 5.32 Å². The maximum Gasteiger partial charge on any atom is 0.320 e. The summed E-state index contributed by atoms with van der Waals surface area (Å²) in [6.07, 6.45) is 2.02. The van der Waals surface area contributed by atoms with Crippen molar-refractivity contribution in [3.63, 3.8) is 0 Å². The third-order valence-electron chi connectivity index (χ3n) is 4.23. The van der Waals surface area contributed by atoms with E-state index in [0.29, 0.717) is 19.1 Å². The Morgan fingerprint density at radius 1 is 1.29 bits per heavy atom. The Bertz CT molecular complexity index is 534. The van der Waals surface area contributed by atoms with Crippen molar-refractivity contribution in [1.82, 2.24) is 15.1 Å². The van der Waals surface area contributed by atoms with Gasteiger partial charge in [-0.05, 0) is 43.6 Å². The van der Waals surface area contributed by atoms with E-state index in [1.54, 1.807) is 11.0 Å². The van der Waals surface area contributed by atoms with Gasteiger partial charge in [0, 0.05) is 25.7 Å². The molecule has 0 aliphatic carbocycles. The number of hydrogen-bond acceptors (Lipinski definition) is 2. The first kappa shape index (κ1) is 14.6. The van der Waals surface area contributed by atoms with Gasteiger partial charge in [-0.25, -0.2) is 9.18 Å². The molecular formula is C15H19ClFN3O. The highest BCUT2D eigenvalue weighted by molar-refractivity contribution is 6.30. The lowest BCUT2D eigenvalue weighted by Crippen LogP contribution is -2.45. The number of halogens is 2. The summed E-state index contributed by atoms with van der Waals surface area (Å²) in [4.78, 5) is 16.2. The third-order valence-corrected chi connectivity index (χ3v) is 4.54. The third kappa shape index (κ3) is 3.14. The molecule has 2 saturated heterocycles. The van der Waals surface area contributed by atoms with E-state index in [1.165, 1.54) is 12.1 Å². The van der Waals surface area contributed by atoms with Crippen LogP contribution >= 0.6 is 11.6 Å². The van der Waals surface area contributed by atoms with Crippen LogP contribution in [0.15, 0.2) is 18.2 Å². The van der Waals surface area contributed by atoms with Crippen LogP contribution in [-0.4, -0.2) is 48.1 Å². The molecule has 0 aromatic heterocycles. The molecule has 1 aromatic rings. The number of rotatable bonds is 3. The molecule has 2 fully saturated rings. The van der Waals surface area contributed by atoms with Crippen LogP contribution in [0.25, 0.3) is 0 Å². The Labute approximate surface area is 128 Å². The maximum atomic E-state index is 13.5. The number of urea groups is 1. The SMILES string of the molecule is O=C1N(Cc2ccc(Cl)c(F)c2)CCN1C1CCNCC1. The molecule has 0 bridgehead atoms. The number of carbonyl (C=O) groups excluding carboxylic acids is 1. The highest BCUT2D eigenvalue weighted by atomic mass is 35.5. The quantitative estimate of drug-likeness (QED) is 0.931. The molecule has 2 aliphatic heterocycles. The van der Waals surface area contributed by atoms with Crippen LogP contribution in [0, 0.1) is 5.82 Å². The first-order valence-electron chi connectivity index (χ1n) is 7.35. The van der Waals surface area contributed by atoms with Crippen LogP contribution in [0.1, 0.15) is 18.4 Å². The molecule has 1 N–H and O–H groups in total. The molecule has 2 heterocycles. The molecule has 2 amide bonds. The summed E-state index contributed by atoms with van der Waals surface area (Å²) in [7, 11) is 0. The molecule has 0 radical (unpaired) electrons. The second-order valence-electron chi connectivity index (χ2n) is 5.63. The molecule has 4 nitrogen and oxygen atoms in total. The van der Waals surface area contributed by atoms with Crippen LogP contribution in [0.5, 0.6) is 0 Å². The van der Waals surface area contributed by atoms with E-state index >= 15 is 0 Å². The first-order chi connectivity index (χ1) is 10.1. The van der Waals surface area contributed by atoms with Gasteiger partial charge in [0.05, 0.1) is 5.02 Å². The van der Waals surface area contributed by atoms with Crippen molar-refractivity contribution in [2.24, 2.45) is 0 Å². The van der Waals surface area contributed by atoms with Crippen molar-refractivity contribution in [3.05, 3.63) is 34.6 Å². The van der Waals surface area contributed by atoms with Crippen molar-refractivity contribution in [3.8, 4) is 0 Å². The van der Waals surface area contributed by atoms with E-state index in [4.69, 9.17) is 11.6 Å². The van der Waals surface area contributed by atoms with Gasteiger partial charge < -0.3 is 15.1 Å². The van der Waals surface area contributed by atoms with Gasteiger partial charge in [0.15, 0.2) is 0 Å². The number of piperidine rings is 1. The average molecular weight is 312 g/mol. The summed E-state index contributed by atoms with van der Waals surface area (Å²) >= 11 is 5.68. The van der Waals surface area contributed by atoms with E-state index in [9.17, 15) is 9.18 Å². The molecule has 21 heavy (non-hydrogen) atoms. The molecule has 114 valence electrons. The highest BCUT2D eigenvalue weighted by Crippen LogP contribution is 2.22. The first-order valence-corrected chi connectivity index (χ1v) is 7.73. The van der Waals surface area contributed by atoms with Crippen LogP contribution in [0.4, 0.5) is 9.18 Å². The lowest BCUT2D eigenvalue weighted by atomic mass is 10.1. The Morgan fingerprint density at radius 3 is 2.76 bits per heavy atom. The van der Waals surface area contributed by atoms with Gasteiger partial charge in [-0.3, -0.25) is 0 Å². The normalized spacial score (nSPS) is 20.4. The fourth-order valence-electron chi connectivity index (χ4n) is 3.06. The number of benzene rings is 1. The lowest BCUT2D eigenvalue weighted by molar-refractivity contribution is 0.164. The van der Waals surface area contributed by atoms with E-state index in [1.807, 2.05) is 4.90 Å². The number of amides is 2. The minimum absolute atomic E-state index is 0.0669. The predicted molar refractivity (Wildman–Crippen MR) is 79.8 cm³/mol. The summed E-state index contributed by atoms with van der Waals surface area (Å²) in [5, 5.41) is 3.42. The zero-order chi connectivity index (χ0) is 14.8. The van der Waals surface area contributed by atoms with Gasteiger partial charge in [0.25, 0.3) is 0 Å². The van der Waals surface area contributed by atoms with Gasteiger partial charge >= 0.3 is 6.03 Å². The predicted octanol–water partition coefficient (Wildman–Crippen LogP) is 2.47. The zero-order valence-corrected chi connectivity index (χ0v) is 12.6. The Kier molecular flexibility index (Phi) is 4.31. The molecule has 0 atom stereocenters. The van der Waals surface area contributed by atoms with E-state index in [-0.39, 0.29) is 11.1 Å². The van der Waals surface area contributed by atoms with Crippen molar-refractivity contribution >= 4 is 17.6 Å². The lowest BCUT2D eigenvalue weighted by Gasteiger charge is -2.31. The number of carbonyl (C=O) groups is 1. The number of nitrogens with zero attached hydrogens (tertiary/aromatic N) is 2. The largest absolute Gasteiger partial charge is 0.320 e. The fraction of sp³-hybridized carbons (Fsp3) is 0.533. The number of nitrogens with one attached hydrogen (secondary N) is 1. The fourth-order valence-corrected chi connectivity index (χ4v) is 3.18. The minimum Gasteiger partial charge on any atom is -0.320 e. The molecular weight excluding hydrogens is 293 g/mol. The van der Waals surface area contributed by atoms with E-state index < -0.39 is 5.82 Å². The molecule has 1 aromatic carbocycles. The molecule has 6 heteroatoms. The topological polar surface area (TPSA) is 35.6 Å². The maximum absolute atomic E-state index is 13.5. The van der Waals surface area contributed by atoms with E-state index in [0.717, 1.165) is 38.0 Å². The summed E-state index contributed by atoms with van der Waals surface area (Å²) in [6.45, 7) is 3.84. The molecule has 3 rings (SSSR count). The van der Waals surface area contributed by atoms with Gasteiger partial charge in [-0.2, -0.15) is 0 Å². The van der Waals surface area contributed by atoms with Crippen molar-refractivity contribution in [2.75, 3.05) is 26.2 Å². The van der Waals surface area contributed by atoms with Crippen molar-refractivity contribution in [1.29, 1.82) is 0 Å². The second kappa shape index (κ2) is 6.20. The number of hydrogen-bond donors (Lipinski definition) is 1. The molecule has 0 unspecified atom stereocenters.